The second-order valence-electron chi connectivity index (χ2n) is 13.1. The second kappa shape index (κ2) is 11.6. The minimum Gasteiger partial charge on any atom is -0.350 e. The van der Waals surface area contributed by atoms with Crippen molar-refractivity contribution in [3.05, 3.63) is 168 Å². The van der Waals surface area contributed by atoms with E-state index in [0.29, 0.717) is 0 Å². The van der Waals surface area contributed by atoms with E-state index in [1.165, 1.54) is 82.8 Å². The first kappa shape index (κ1) is 29.4. The molecule has 4 heterocycles. The van der Waals surface area contributed by atoms with E-state index in [2.05, 4.69) is 162 Å². The molecule has 3 aromatic heterocycles. The molecular weight excluding hydrogens is 679 g/mol. The Balaban J connectivity index is 1.09. The van der Waals surface area contributed by atoms with Crippen LogP contribution in [0.2, 0.25) is 0 Å². The standard InChI is InChI=1S/C45H29N3S3/c1-2-12-26(13-3-1)43-46-44(35-22-10-17-30-28-15-5-7-25-38(28)50-41(30)35)48-45(47-43)36-23-11-21-34-33-20-9-19-32(40(33)51-42(34)36)31-18-8-16-29-27-14-4-6-24-37(27)49-39(29)31/h1-25,44-45,48H,(H,46,47). The Labute approximate surface area is 306 Å². The molecule has 11 rings (SSSR count). The zero-order valence-corrected chi connectivity index (χ0v) is 29.7. The molecule has 2 N–H and O–H groups in total. The van der Waals surface area contributed by atoms with E-state index in [1.807, 2.05) is 34.0 Å². The number of benzene rings is 7. The summed E-state index contributed by atoms with van der Waals surface area (Å²) in [6.07, 6.45) is -0.382. The summed E-state index contributed by atoms with van der Waals surface area (Å²) in [4.78, 5) is 5.39. The van der Waals surface area contributed by atoms with Crippen molar-refractivity contribution in [2.75, 3.05) is 0 Å². The van der Waals surface area contributed by atoms with Crippen LogP contribution in [0.5, 0.6) is 0 Å². The van der Waals surface area contributed by atoms with Gasteiger partial charge in [0.2, 0.25) is 0 Å². The number of amidine groups is 1. The summed E-state index contributed by atoms with van der Waals surface area (Å²) in [7, 11) is 0. The van der Waals surface area contributed by atoms with Crippen LogP contribution in [-0.4, -0.2) is 5.84 Å². The Hall–Kier alpha value is -5.37. The van der Waals surface area contributed by atoms with Crippen LogP contribution in [0.3, 0.4) is 0 Å². The topological polar surface area (TPSA) is 36.4 Å². The molecule has 2 atom stereocenters. The van der Waals surface area contributed by atoms with E-state index < -0.39 is 0 Å². The first-order chi connectivity index (χ1) is 25.3. The zero-order valence-electron chi connectivity index (χ0n) is 27.3. The van der Waals surface area contributed by atoms with Crippen molar-refractivity contribution in [3.8, 4) is 11.1 Å². The van der Waals surface area contributed by atoms with Crippen LogP contribution in [0, 0.1) is 0 Å². The van der Waals surface area contributed by atoms with Gasteiger partial charge in [0.25, 0.3) is 0 Å². The van der Waals surface area contributed by atoms with E-state index >= 15 is 0 Å². The minimum absolute atomic E-state index is 0.134. The molecule has 51 heavy (non-hydrogen) atoms. The lowest BCUT2D eigenvalue weighted by atomic mass is 9.99. The Morgan fingerprint density at radius 1 is 0.412 bits per heavy atom. The minimum atomic E-state index is -0.248. The fourth-order valence-corrected chi connectivity index (χ4v) is 11.7. The smallest absolute Gasteiger partial charge is 0.131 e. The third-order valence-corrected chi connectivity index (χ3v) is 14.0. The van der Waals surface area contributed by atoms with Gasteiger partial charge < -0.3 is 5.32 Å². The average molecular weight is 708 g/mol. The quantitative estimate of drug-likeness (QED) is 0.191. The SMILES string of the molecule is c1ccc(C2=NC(c3cccc4c3sc3c(-c5cccc6c5sc5ccccc56)cccc34)NC(c3cccc4c3sc3ccccc34)N2)cc1. The fourth-order valence-electron chi connectivity index (χ4n) is 7.85. The first-order valence-corrected chi connectivity index (χ1v) is 19.6. The number of fused-ring (bicyclic) bond motifs is 9. The molecule has 0 saturated heterocycles. The van der Waals surface area contributed by atoms with Gasteiger partial charge in [-0.1, -0.05) is 140 Å². The van der Waals surface area contributed by atoms with Gasteiger partial charge in [-0.2, -0.15) is 0 Å². The maximum Gasteiger partial charge on any atom is 0.131 e. The van der Waals surface area contributed by atoms with Gasteiger partial charge in [-0.05, 0) is 12.1 Å². The van der Waals surface area contributed by atoms with Crippen molar-refractivity contribution in [1.82, 2.24) is 10.6 Å². The van der Waals surface area contributed by atoms with Crippen LogP contribution in [0.4, 0.5) is 0 Å². The van der Waals surface area contributed by atoms with Crippen molar-refractivity contribution in [3.63, 3.8) is 0 Å². The van der Waals surface area contributed by atoms with Crippen LogP contribution in [0.15, 0.2) is 157 Å². The van der Waals surface area contributed by atoms with Crippen molar-refractivity contribution in [2.24, 2.45) is 4.99 Å². The van der Waals surface area contributed by atoms with Crippen LogP contribution in [0.1, 0.15) is 29.0 Å². The Kier molecular flexibility index (Phi) is 6.67. The van der Waals surface area contributed by atoms with E-state index in [4.69, 9.17) is 4.99 Å². The highest BCUT2D eigenvalue weighted by Gasteiger charge is 2.29. The number of rotatable bonds is 4. The number of nitrogens with one attached hydrogen (secondary N) is 2. The summed E-state index contributed by atoms with van der Waals surface area (Å²) in [5, 5.41) is 15.6. The van der Waals surface area contributed by atoms with Gasteiger partial charge in [-0.15, -0.1) is 34.0 Å². The van der Waals surface area contributed by atoms with Crippen LogP contribution >= 0.6 is 34.0 Å². The second-order valence-corrected chi connectivity index (χ2v) is 16.2. The van der Waals surface area contributed by atoms with Crippen molar-refractivity contribution in [1.29, 1.82) is 0 Å². The van der Waals surface area contributed by atoms with E-state index in [-0.39, 0.29) is 12.3 Å². The lowest BCUT2D eigenvalue weighted by Gasteiger charge is -2.32. The third kappa shape index (κ3) is 4.61. The average Bonchev–Trinajstić information content (AvgIpc) is 3.89. The molecule has 3 nitrogen and oxygen atoms in total. The summed E-state index contributed by atoms with van der Waals surface area (Å²) in [5.41, 5.74) is 6.11. The molecule has 0 saturated carbocycles. The maximum atomic E-state index is 5.39. The lowest BCUT2D eigenvalue weighted by molar-refractivity contribution is 0.413. The molecule has 0 radical (unpaired) electrons. The number of aliphatic imine (C=N–C) groups is 1. The largest absolute Gasteiger partial charge is 0.350 e. The Morgan fingerprint density at radius 3 is 1.61 bits per heavy atom. The number of hydrogen-bond acceptors (Lipinski definition) is 6. The van der Waals surface area contributed by atoms with E-state index in [9.17, 15) is 0 Å². The molecule has 242 valence electrons. The highest BCUT2D eigenvalue weighted by atomic mass is 32.1. The predicted octanol–water partition coefficient (Wildman–Crippen LogP) is 12.8. The molecular formula is C45H29N3S3. The van der Waals surface area contributed by atoms with Crippen LogP contribution < -0.4 is 10.6 Å². The van der Waals surface area contributed by atoms with Gasteiger partial charge in [-0.3, -0.25) is 5.32 Å². The van der Waals surface area contributed by atoms with Gasteiger partial charge in [-0.25, -0.2) is 4.99 Å². The monoisotopic (exact) mass is 707 g/mol. The summed E-state index contributed by atoms with van der Waals surface area (Å²) in [5.74, 6) is 0.901. The molecule has 6 heteroatoms. The van der Waals surface area contributed by atoms with Gasteiger partial charge in [0.05, 0.1) is 0 Å². The summed E-state index contributed by atoms with van der Waals surface area (Å²) in [6.45, 7) is 0. The molecule has 1 aliphatic rings. The third-order valence-electron chi connectivity index (χ3n) is 10.2. The molecule has 2 unspecified atom stereocenters. The summed E-state index contributed by atoms with van der Waals surface area (Å²) in [6, 6.07) is 55.0. The van der Waals surface area contributed by atoms with Crippen LogP contribution in [-0.2, 0) is 0 Å². The summed E-state index contributed by atoms with van der Waals surface area (Å²) >= 11 is 5.65. The van der Waals surface area contributed by atoms with Crippen molar-refractivity contribution < 1.29 is 0 Å². The molecule has 7 aromatic carbocycles. The molecule has 0 bridgehead atoms. The molecule has 10 aromatic rings. The van der Waals surface area contributed by atoms with E-state index in [1.54, 1.807) is 0 Å². The van der Waals surface area contributed by atoms with Gasteiger partial charge in [0.1, 0.15) is 18.2 Å². The molecule has 1 aliphatic heterocycles. The highest BCUT2D eigenvalue weighted by molar-refractivity contribution is 7.27. The zero-order chi connectivity index (χ0) is 33.5. The first-order valence-electron chi connectivity index (χ1n) is 17.2. The number of nitrogens with zero attached hydrogens (tertiary/aromatic N) is 1. The fraction of sp³-hybridized carbons (Fsp3) is 0.0444. The van der Waals surface area contributed by atoms with Gasteiger partial charge in [0, 0.05) is 88.3 Å². The lowest BCUT2D eigenvalue weighted by Crippen LogP contribution is -2.45. The number of thiophene rings is 3. The van der Waals surface area contributed by atoms with E-state index in [0.717, 1.165) is 11.4 Å². The van der Waals surface area contributed by atoms with Crippen molar-refractivity contribution in [2.45, 2.75) is 12.3 Å². The highest BCUT2D eigenvalue weighted by Crippen LogP contribution is 2.47. The Bertz CT molecular complexity index is 3000. The Morgan fingerprint density at radius 2 is 0.902 bits per heavy atom. The van der Waals surface area contributed by atoms with Gasteiger partial charge >= 0.3 is 0 Å². The normalized spacial score (nSPS) is 16.4. The molecule has 0 fully saturated rings. The number of hydrogen-bond donors (Lipinski definition) is 2. The maximum absolute atomic E-state index is 5.39. The predicted molar refractivity (Wildman–Crippen MR) is 222 cm³/mol. The molecule has 0 spiro atoms. The molecule has 0 amide bonds. The van der Waals surface area contributed by atoms with Gasteiger partial charge in [0.15, 0.2) is 0 Å². The molecule has 0 aliphatic carbocycles. The summed E-state index contributed by atoms with van der Waals surface area (Å²) < 4.78 is 7.88. The van der Waals surface area contributed by atoms with Crippen molar-refractivity contribution >= 4 is 100 Å². The van der Waals surface area contributed by atoms with Crippen LogP contribution in [0.25, 0.3) is 71.6 Å².